The first-order chi connectivity index (χ1) is 40.4. The molecule has 84 heavy (non-hydrogen) atoms. The van der Waals surface area contributed by atoms with E-state index in [2.05, 4.69) is 13.0 Å². The zero-order chi connectivity index (χ0) is 60.5. The summed E-state index contributed by atoms with van der Waals surface area (Å²) < 4.78 is 43.6. The standard InChI is InChI=1S/C23H30F2O6.C22H30O5S.C20H34O4S/c24-15-5-9-19(25)22(10-15)31-13-16(26)6-8-17-18-7-4-14(2-1-3-23(28)29)12-30-21(18)11-20(17)27;23-15(14-27-16-5-2-1-3-6-16)9-11-18-19-12-10-17(7-4-8-22(25)26)28-21(19)13-20(18)24;1-2-3-4-6-14(21)9-11-16-17-12-10-15(7-5-8-20(23)24)25-19(17)13-18(16)22/h5-6,8-10,14,16-18,20-21,26-27H,1-4,7,11-13H2,(H,28,29);1-3,5-6,9,11,15,17-21,23-24H,4,7-8,10,12-14H2,(H,25,26);9,11,14-19,21-22H,2-8,10,12-13H2,1H3,(H,23,24)/b8-6+;2*11-9+/t14-,16+,17+,18+,20+,21-;15-,17+,18-,19-,20-,21+;14-,15-,16+,17+,18+,19-/m010/s1. The van der Waals surface area contributed by atoms with Gasteiger partial charge in [-0.05, 0) is 144 Å². The third kappa shape index (κ3) is 23.2. The first-order valence-corrected chi connectivity index (χ1v) is 32.7. The Morgan fingerprint density at radius 3 is 1.65 bits per heavy atom. The minimum Gasteiger partial charge on any atom is -0.491 e. The fourth-order valence-corrected chi connectivity index (χ4v) is 16.9. The van der Waals surface area contributed by atoms with E-state index in [1.54, 1.807) is 12.2 Å². The van der Waals surface area contributed by atoms with Crippen molar-refractivity contribution in [2.75, 3.05) is 19.8 Å². The van der Waals surface area contributed by atoms with E-state index < -0.39 is 54.0 Å². The van der Waals surface area contributed by atoms with Crippen molar-refractivity contribution in [2.45, 2.75) is 212 Å². The number of carboxylic acid groups (broad SMARTS) is 3. The number of carbonyl (C=O) groups is 3. The van der Waals surface area contributed by atoms with Crippen LogP contribution < -0.4 is 9.47 Å². The van der Waals surface area contributed by atoms with Crippen LogP contribution >= 0.6 is 23.5 Å². The minimum absolute atomic E-state index is 0.0658. The maximum Gasteiger partial charge on any atom is 0.303 e. The number of carboxylic acids is 3. The number of unbranched alkanes of at least 4 members (excludes halogenated alkanes) is 2. The molecule has 6 aliphatic rings. The van der Waals surface area contributed by atoms with Gasteiger partial charge in [-0.15, -0.1) is 0 Å². The quantitative estimate of drug-likeness (QED) is 0.0283. The van der Waals surface area contributed by atoms with Crippen molar-refractivity contribution in [3.05, 3.63) is 96.6 Å². The van der Waals surface area contributed by atoms with E-state index in [-0.39, 0.29) is 80.2 Å². The lowest BCUT2D eigenvalue weighted by Gasteiger charge is -2.33. The van der Waals surface area contributed by atoms with E-state index in [1.807, 2.05) is 66.0 Å². The molecule has 2 aromatic carbocycles. The third-order valence-electron chi connectivity index (χ3n) is 17.6. The van der Waals surface area contributed by atoms with Gasteiger partial charge in [0, 0.05) is 77.1 Å². The van der Waals surface area contributed by atoms with Gasteiger partial charge in [0.1, 0.15) is 37.0 Å². The Morgan fingerprint density at radius 2 is 1.11 bits per heavy atom. The number of ether oxygens (including phenoxy) is 3. The third-order valence-corrected chi connectivity index (χ3v) is 21.1. The van der Waals surface area contributed by atoms with Crippen LogP contribution in [0, 0.1) is 53.1 Å². The molecular weight excluding hydrogens is 1120 g/mol. The van der Waals surface area contributed by atoms with Crippen LogP contribution in [0.1, 0.15) is 148 Å². The fraction of sp³-hybridized carbons (Fsp3) is 0.677. The van der Waals surface area contributed by atoms with Gasteiger partial charge < -0.3 is 60.2 Å². The molecule has 0 amide bonds. The van der Waals surface area contributed by atoms with Crippen molar-refractivity contribution >= 4 is 41.4 Å². The molecule has 6 fully saturated rings. The van der Waals surface area contributed by atoms with Crippen molar-refractivity contribution in [3.63, 3.8) is 0 Å². The van der Waals surface area contributed by atoms with Gasteiger partial charge in [0.25, 0.3) is 0 Å². The highest BCUT2D eigenvalue weighted by atomic mass is 32.2. The van der Waals surface area contributed by atoms with E-state index >= 15 is 0 Å². The van der Waals surface area contributed by atoms with Crippen molar-refractivity contribution < 1.29 is 83.3 Å². The molecule has 9 N–H and O–H groups in total. The normalized spacial score (nSPS) is 31.1. The topological polar surface area (TPSA) is 261 Å². The van der Waals surface area contributed by atoms with E-state index in [9.17, 15) is 53.8 Å². The van der Waals surface area contributed by atoms with E-state index in [1.165, 1.54) is 6.08 Å². The molecule has 0 unspecified atom stereocenters. The molecule has 8 rings (SSSR count). The number of fused-ring (bicyclic) bond motifs is 3. The highest BCUT2D eigenvalue weighted by molar-refractivity contribution is 8.00. The smallest absolute Gasteiger partial charge is 0.303 e. The predicted molar refractivity (Wildman–Crippen MR) is 322 cm³/mol. The van der Waals surface area contributed by atoms with Gasteiger partial charge in [-0.2, -0.15) is 23.5 Å². The lowest BCUT2D eigenvalue weighted by molar-refractivity contribution is -0.138. The van der Waals surface area contributed by atoms with Crippen LogP contribution in [-0.4, -0.2) is 147 Å². The summed E-state index contributed by atoms with van der Waals surface area (Å²) in [4.78, 5) is 32.0. The van der Waals surface area contributed by atoms with Crippen LogP contribution in [0.5, 0.6) is 11.5 Å². The molecule has 18 atom stereocenters. The number of aliphatic hydroxyl groups is 6. The van der Waals surface area contributed by atoms with E-state index in [4.69, 9.17) is 29.5 Å². The second-order valence-electron chi connectivity index (χ2n) is 23.9. The molecule has 0 aromatic heterocycles. The molecule has 3 aliphatic heterocycles. The van der Waals surface area contributed by atoms with Gasteiger partial charge in [-0.3, -0.25) is 14.4 Å². The summed E-state index contributed by atoms with van der Waals surface area (Å²) >= 11 is 3.89. The van der Waals surface area contributed by atoms with Crippen LogP contribution in [0.3, 0.4) is 0 Å². The van der Waals surface area contributed by atoms with Gasteiger partial charge in [-0.1, -0.05) is 80.8 Å². The number of para-hydroxylation sites is 1. The fourth-order valence-electron chi connectivity index (χ4n) is 13.1. The van der Waals surface area contributed by atoms with Crippen molar-refractivity contribution in [1.29, 1.82) is 0 Å². The number of benzene rings is 2. The van der Waals surface area contributed by atoms with Gasteiger partial charge in [0.15, 0.2) is 11.6 Å². The highest BCUT2D eigenvalue weighted by Crippen LogP contribution is 2.51. The Bertz CT molecular complexity index is 2360. The predicted octanol–water partition coefficient (Wildman–Crippen LogP) is 10.8. The second kappa shape index (κ2) is 36.3. The molecule has 19 heteroatoms. The number of hydrogen-bond donors (Lipinski definition) is 9. The van der Waals surface area contributed by atoms with Crippen molar-refractivity contribution in [2.24, 2.45) is 41.4 Å². The molecule has 0 bridgehead atoms. The Balaban J connectivity index is 0.000000203. The van der Waals surface area contributed by atoms with Crippen LogP contribution in [0.2, 0.25) is 0 Å². The summed E-state index contributed by atoms with van der Waals surface area (Å²) in [7, 11) is 0. The summed E-state index contributed by atoms with van der Waals surface area (Å²) in [6.07, 6.45) is 25.4. The highest BCUT2D eigenvalue weighted by Gasteiger charge is 2.47. The van der Waals surface area contributed by atoms with Crippen LogP contribution in [0.25, 0.3) is 0 Å². The van der Waals surface area contributed by atoms with Crippen LogP contribution in [0.15, 0.2) is 85.0 Å². The van der Waals surface area contributed by atoms with Gasteiger partial charge >= 0.3 is 17.9 Å². The Hall–Kier alpha value is -4.05. The first-order valence-electron chi connectivity index (χ1n) is 30.8. The van der Waals surface area contributed by atoms with Gasteiger partial charge in [0.05, 0.1) is 30.5 Å². The molecule has 3 saturated heterocycles. The average molecular weight is 1220 g/mol. The summed E-state index contributed by atoms with van der Waals surface area (Å²) in [6.45, 7) is 2.68. The van der Waals surface area contributed by atoms with E-state index in [0.717, 1.165) is 133 Å². The Labute approximate surface area is 503 Å². The number of rotatable bonds is 28. The van der Waals surface area contributed by atoms with Gasteiger partial charge in [0.2, 0.25) is 0 Å². The number of aliphatic carboxylic acids is 3. The SMILES string of the molecule is CCCCC[C@H](O)/C=C/[C@@H]1[C@H]2CC[C@H](CCCC(=O)O)S[C@H]2C[C@H]1O.O=C(O)CCC[C@H]1CC[C@@H]2[C@@H](/C=C/[C@@H](O)COc3cc(F)ccc3F)[C@H](O)C[C@@H]2OC1.O=C(O)CCC[C@H]1CC[C@@H]2[C@@H](/C=C/[C@@H](O)COc3ccccc3)[C@H](O)C[C@@H]2S1. The molecule has 0 radical (unpaired) electrons. The maximum absolute atomic E-state index is 13.6. The average Bonchev–Trinajstić information content (AvgIpc) is 3.57. The molecule has 2 aromatic rings. The maximum atomic E-state index is 13.6. The number of hydrogen-bond acceptors (Lipinski definition) is 14. The summed E-state index contributed by atoms with van der Waals surface area (Å²) in [6, 6.07) is 12.3. The number of halogens is 2. The zero-order valence-electron chi connectivity index (χ0n) is 48.7. The van der Waals surface area contributed by atoms with Crippen molar-refractivity contribution in [3.8, 4) is 11.5 Å². The van der Waals surface area contributed by atoms with Crippen LogP contribution in [-0.2, 0) is 19.1 Å². The molecular formula is C65H94F2O15S2. The first kappa shape index (κ1) is 69.1. The largest absolute Gasteiger partial charge is 0.491 e. The Kier molecular flexibility index (Phi) is 29.8. The van der Waals surface area contributed by atoms with Crippen LogP contribution in [0.4, 0.5) is 8.78 Å². The lowest BCUT2D eigenvalue weighted by Crippen LogP contribution is -2.27. The Morgan fingerprint density at radius 1 is 0.607 bits per heavy atom. The number of thioether (sulfide) groups is 2. The number of aliphatic hydroxyl groups excluding tert-OH is 6. The molecule has 470 valence electrons. The lowest BCUT2D eigenvalue weighted by atomic mass is 9.86. The summed E-state index contributed by atoms with van der Waals surface area (Å²) in [5.74, 6) is -1.69. The molecule has 15 nitrogen and oxygen atoms in total. The zero-order valence-corrected chi connectivity index (χ0v) is 50.3. The van der Waals surface area contributed by atoms with E-state index in [0.29, 0.717) is 58.2 Å². The summed E-state index contributed by atoms with van der Waals surface area (Å²) in [5, 5.41) is 90.2. The monoisotopic (exact) mass is 1220 g/mol. The molecule has 3 aliphatic carbocycles. The molecule has 3 heterocycles. The van der Waals surface area contributed by atoms with Gasteiger partial charge in [-0.25, -0.2) is 8.78 Å². The minimum atomic E-state index is -1.04. The summed E-state index contributed by atoms with van der Waals surface area (Å²) in [5.41, 5.74) is 0. The second-order valence-corrected chi connectivity index (χ2v) is 27.0. The van der Waals surface area contributed by atoms with Crippen molar-refractivity contribution in [1.82, 2.24) is 0 Å². The molecule has 3 saturated carbocycles. The molecule has 0 spiro atoms.